The molecule has 0 aliphatic carbocycles. The number of nitrogens with zero attached hydrogens (tertiary/aromatic N) is 2. The topological polar surface area (TPSA) is 32.5 Å². The van der Waals surface area contributed by atoms with Crippen LogP contribution in [0.25, 0.3) is 0 Å². The van der Waals surface area contributed by atoms with Crippen LogP contribution >= 0.6 is 0 Å². The second-order valence-corrected chi connectivity index (χ2v) is 5.55. The van der Waals surface area contributed by atoms with Gasteiger partial charge in [0, 0.05) is 30.9 Å². The van der Waals surface area contributed by atoms with E-state index in [-0.39, 0.29) is 6.04 Å². The molecule has 1 aliphatic heterocycles. The van der Waals surface area contributed by atoms with Crippen LogP contribution in [-0.2, 0) is 0 Å². The van der Waals surface area contributed by atoms with Crippen LogP contribution in [0.2, 0.25) is 0 Å². The highest BCUT2D eigenvalue weighted by Crippen LogP contribution is 2.28. The smallest absolute Gasteiger partial charge is 0.0415 e. The van der Waals surface area contributed by atoms with Gasteiger partial charge < -0.3 is 15.5 Å². The molecule has 2 rings (SSSR count). The summed E-state index contributed by atoms with van der Waals surface area (Å²) in [5.41, 5.74) is 8.66. The van der Waals surface area contributed by atoms with E-state index in [9.17, 15) is 0 Å². The molecule has 1 aliphatic rings. The van der Waals surface area contributed by atoms with E-state index in [0.717, 1.165) is 13.1 Å². The van der Waals surface area contributed by atoms with Crippen LogP contribution in [0.15, 0.2) is 24.3 Å². The Morgan fingerprint density at radius 2 is 2.06 bits per heavy atom. The van der Waals surface area contributed by atoms with Crippen molar-refractivity contribution < 1.29 is 0 Å². The number of rotatable bonds is 3. The summed E-state index contributed by atoms with van der Waals surface area (Å²) >= 11 is 0. The first-order chi connectivity index (χ1) is 8.59. The van der Waals surface area contributed by atoms with Crippen molar-refractivity contribution in [2.24, 2.45) is 5.73 Å². The van der Waals surface area contributed by atoms with Crippen LogP contribution in [0.3, 0.4) is 0 Å². The highest BCUT2D eigenvalue weighted by atomic mass is 15.2. The molecule has 3 heteroatoms. The summed E-state index contributed by atoms with van der Waals surface area (Å²) in [6.07, 6.45) is 2.56. The summed E-state index contributed by atoms with van der Waals surface area (Å²) < 4.78 is 0. The molecule has 0 radical (unpaired) electrons. The molecule has 18 heavy (non-hydrogen) atoms. The lowest BCUT2D eigenvalue weighted by molar-refractivity contribution is 0.258. The fourth-order valence-electron chi connectivity index (χ4n) is 2.76. The van der Waals surface area contributed by atoms with Gasteiger partial charge in [0.1, 0.15) is 0 Å². The molecule has 0 saturated carbocycles. The van der Waals surface area contributed by atoms with Crippen LogP contribution in [0.5, 0.6) is 0 Å². The standard InChI is InChI=1S/C15H25N3/c1-12(16)14-8-4-5-9-15(14)18-10-6-7-13(11-18)17(2)3/h4-5,8-9,12-13H,6-7,10-11,16H2,1-3H3. The quantitative estimate of drug-likeness (QED) is 0.889. The summed E-state index contributed by atoms with van der Waals surface area (Å²) in [6, 6.07) is 9.30. The van der Waals surface area contributed by atoms with Crippen LogP contribution in [0, 0.1) is 0 Å². The third-order valence-electron chi connectivity index (χ3n) is 3.89. The van der Waals surface area contributed by atoms with Crippen molar-refractivity contribution >= 4 is 5.69 Å². The summed E-state index contributed by atoms with van der Waals surface area (Å²) in [5, 5.41) is 0. The van der Waals surface area contributed by atoms with Crippen molar-refractivity contribution in [1.82, 2.24) is 4.90 Å². The second-order valence-electron chi connectivity index (χ2n) is 5.55. The third-order valence-corrected chi connectivity index (χ3v) is 3.89. The van der Waals surface area contributed by atoms with Crippen LogP contribution in [0.4, 0.5) is 5.69 Å². The molecule has 0 aromatic heterocycles. The zero-order valence-electron chi connectivity index (χ0n) is 11.8. The molecule has 2 atom stereocenters. The van der Waals surface area contributed by atoms with E-state index >= 15 is 0 Å². The Morgan fingerprint density at radius 1 is 1.33 bits per heavy atom. The fraction of sp³-hybridized carbons (Fsp3) is 0.600. The summed E-state index contributed by atoms with van der Waals surface area (Å²) in [6.45, 7) is 4.32. The van der Waals surface area contributed by atoms with Crippen molar-refractivity contribution in [2.45, 2.75) is 31.8 Å². The molecule has 1 heterocycles. The zero-order chi connectivity index (χ0) is 13.1. The van der Waals surface area contributed by atoms with E-state index in [1.54, 1.807) is 0 Å². The van der Waals surface area contributed by atoms with E-state index in [1.165, 1.54) is 24.1 Å². The number of nitrogens with two attached hydrogens (primary N) is 1. The van der Waals surface area contributed by atoms with E-state index in [0.29, 0.717) is 6.04 Å². The van der Waals surface area contributed by atoms with Crippen molar-refractivity contribution in [3.05, 3.63) is 29.8 Å². The fourth-order valence-corrected chi connectivity index (χ4v) is 2.76. The zero-order valence-corrected chi connectivity index (χ0v) is 11.8. The number of benzene rings is 1. The molecule has 1 aromatic rings. The van der Waals surface area contributed by atoms with Crippen molar-refractivity contribution in [3.8, 4) is 0 Å². The monoisotopic (exact) mass is 247 g/mol. The lowest BCUT2D eigenvalue weighted by atomic mass is 10.0. The maximum Gasteiger partial charge on any atom is 0.0415 e. The summed E-state index contributed by atoms with van der Waals surface area (Å²) in [7, 11) is 4.34. The van der Waals surface area contributed by atoms with Gasteiger partial charge in [0.25, 0.3) is 0 Å². The first-order valence-electron chi connectivity index (χ1n) is 6.85. The predicted octanol–water partition coefficient (Wildman–Crippen LogP) is 2.24. The molecular formula is C15H25N3. The summed E-state index contributed by atoms with van der Waals surface area (Å²) in [4.78, 5) is 4.83. The first-order valence-corrected chi connectivity index (χ1v) is 6.85. The molecule has 100 valence electrons. The van der Waals surface area contributed by atoms with Gasteiger partial charge >= 0.3 is 0 Å². The Morgan fingerprint density at radius 3 is 2.72 bits per heavy atom. The van der Waals surface area contributed by atoms with Crippen molar-refractivity contribution in [3.63, 3.8) is 0 Å². The Hall–Kier alpha value is -1.06. The van der Waals surface area contributed by atoms with Crippen LogP contribution < -0.4 is 10.6 Å². The van der Waals surface area contributed by atoms with Crippen LogP contribution in [0.1, 0.15) is 31.4 Å². The Kier molecular flexibility index (Phi) is 4.25. The molecule has 1 fully saturated rings. The number of hydrogen-bond acceptors (Lipinski definition) is 3. The average molecular weight is 247 g/mol. The van der Waals surface area contributed by atoms with Gasteiger partial charge in [-0.3, -0.25) is 0 Å². The van der Waals surface area contributed by atoms with Gasteiger partial charge in [-0.1, -0.05) is 18.2 Å². The number of para-hydroxylation sites is 1. The highest BCUT2D eigenvalue weighted by Gasteiger charge is 2.23. The van der Waals surface area contributed by atoms with Crippen molar-refractivity contribution in [2.75, 3.05) is 32.1 Å². The first kappa shape index (κ1) is 13.4. The molecule has 0 amide bonds. The van der Waals surface area contributed by atoms with Crippen molar-refractivity contribution in [1.29, 1.82) is 0 Å². The van der Waals surface area contributed by atoms with E-state index in [1.807, 2.05) is 0 Å². The minimum absolute atomic E-state index is 0.0981. The summed E-state index contributed by atoms with van der Waals surface area (Å²) in [5.74, 6) is 0. The van der Waals surface area contributed by atoms with Gasteiger partial charge in [-0.2, -0.15) is 0 Å². The predicted molar refractivity (Wildman–Crippen MR) is 78.0 cm³/mol. The number of hydrogen-bond donors (Lipinski definition) is 1. The lowest BCUT2D eigenvalue weighted by Crippen LogP contribution is -2.45. The number of likely N-dealkylation sites (N-methyl/N-ethyl adjacent to an activating group) is 1. The van der Waals surface area contributed by atoms with Gasteiger partial charge in [-0.15, -0.1) is 0 Å². The Balaban J connectivity index is 2.20. The van der Waals surface area contributed by atoms with E-state index in [2.05, 4.69) is 55.1 Å². The Bertz CT molecular complexity index is 387. The maximum absolute atomic E-state index is 6.08. The molecular weight excluding hydrogens is 222 g/mol. The molecule has 3 nitrogen and oxygen atoms in total. The van der Waals surface area contributed by atoms with Gasteiger partial charge in [-0.05, 0) is 45.5 Å². The molecule has 1 saturated heterocycles. The largest absolute Gasteiger partial charge is 0.370 e. The third kappa shape index (κ3) is 2.85. The highest BCUT2D eigenvalue weighted by molar-refractivity contribution is 5.55. The maximum atomic E-state index is 6.08. The van der Waals surface area contributed by atoms with Crippen LogP contribution in [-0.4, -0.2) is 38.1 Å². The molecule has 2 N–H and O–H groups in total. The molecule has 0 bridgehead atoms. The van der Waals surface area contributed by atoms with Gasteiger partial charge in [-0.25, -0.2) is 0 Å². The van der Waals surface area contributed by atoms with Gasteiger partial charge in [0.15, 0.2) is 0 Å². The molecule has 1 aromatic carbocycles. The molecule has 2 unspecified atom stereocenters. The number of piperidine rings is 1. The van der Waals surface area contributed by atoms with E-state index in [4.69, 9.17) is 5.73 Å². The minimum atomic E-state index is 0.0981. The number of anilines is 1. The average Bonchev–Trinajstić information content (AvgIpc) is 2.39. The minimum Gasteiger partial charge on any atom is -0.370 e. The second kappa shape index (κ2) is 5.72. The SMILES string of the molecule is CC(N)c1ccccc1N1CCCC(N(C)C)C1. The van der Waals surface area contributed by atoms with Gasteiger partial charge in [0.2, 0.25) is 0 Å². The van der Waals surface area contributed by atoms with E-state index < -0.39 is 0 Å². The lowest BCUT2D eigenvalue weighted by Gasteiger charge is -2.38. The Labute approximate surface area is 111 Å². The van der Waals surface area contributed by atoms with Gasteiger partial charge in [0.05, 0.1) is 0 Å². The molecule has 0 spiro atoms. The normalized spacial score (nSPS) is 22.3.